The highest BCUT2D eigenvalue weighted by atomic mass is 32.2. The van der Waals surface area contributed by atoms with Crippen LogP contribution in [0.3, 0.4) is 0 Å². The molecule has 0 spiro atoms. The van der Waals surface area contributed by atoms with Gasteiger partial charge in [0.1, 0.15) is 0 Å². The summed E-state index contributed by atoms with van der Waals surface area (Å²) in [6, 6.07) is 0. The fourth-order valence-electron chi connectivity index (χ4n) is 1.45. The number of hydrogen-bond acceptors (Lipinski definition) is 4. The summed E-state index contributed by atoms with van der Waals surface area (Å²) in [7, 11) is -3.02. The summed E-state index contributed by atoms with van der Waals surface area (Å²) in [4.78, 5) is 2.10. The highest BCUT2D eigenvalue weighted by Gasteiger charge is 2.22. The predicted molar refractivity (Wildman–Crippen MR) is 64.7 cm³/mol. The summed E-state index contributed by atoms with van der Waals surface area (Å²) in [6.07, 6.45) is 0. The first-order valence-electron chi connectivity index (χ1n) is 5.42. The molecule has 0 aliphatic heterocycles. The fraction of sp³-hybridized carbons (Fsp3) is 1.00. The van der Waals surface area contributed by atoms with E-state index < -0.39 is 15.4 Å². The molecule has 0 aromatic carbocycles. The second-order valence-electron chi connectivity index (χ2n) is 4.61. The highest BCUT2D eigenvalue weighted by molar-refractivity contribution is 7.91. The zero-order valence-electron chi connectivity index (χ0n) is 10.3. The molecule has 0 unspecified atom stereocenters. The minimum atomic E-state index is -3.02. The Morgan fingerprint density at radius 1 is 1.20 bits per heavy atom. The number of rotatable bonds is 7. The van der Waals surface area contributed by atoms with Gasteiger partial charge in [-0.3, -0.25) is 0 Å². The van der Waals surface area contributed by atoms with Crippen molar-refractivity contribution in [1.29, 1.82) is 0 Å². The Balaban J connectivity index is 4.16. The molecule has 0 aromatic heterocycles. The number of sulfone groups is 1. The van der Waals surface area contributed by atoms with Gasteiger partial charge < -0.3 is 10.6 Å². The van der Waals surface area contributed by atoms with Gasteiger partial charge in [-0.1, -0.05) is 13.8 Å². The lowest BCUT2D eigenvalue weighted by Crippen LogP contribution is -2.42. The first-order valence-corrected chi connectivity index (χ1v) is 7.24. The molecule has 0 saturated heterocycles. The van der Waals surface area contributed by atoms with Crippen LogP contribution in [-0.2, 0) is 9.84 Å². The maximum atomic E-state index is 11.7. The SMILES string of the molecule is CCN(CC)CCS(=O)(=O)CC(C)(C)N. The van der Waals surface area contributed by atoms with Gasteiger partial charge in [-0.05, 0) is 26.9 Å². The molecular weight excluding hydrogens is 212 g/mol. The molecule has 0 aliphatic carbocycles. The van der Waals surface area contributed by atoms with Crippen LogP contribution in [-0.4, -0.2) is 50.0 Å². The Kier molecular flexibility index (Phi) is 5.77. The van der Waals surface area contributed by atoms with Crippen LogP contribution in [0.2, 0.25) is 0 Å². The molecular formula is C10H24N2O2S. The van der Waals surface area contributed by atoms with Crippen LogP contribution >= 0.6 is 0 Å². The summed E-state index contributed by atoms with van der Waals surface area (Å²) in [6.45, 7) is 9.91. The van der Waals surface area contributed by atoms with Crippen LogP contribution in [0.5, 0.6) is 0 Å². The standard InChI is InChI=1S/C10H24N2O2S/c1-5-12(6-2)7-8-15(13,14)9-10(3,4)11/h5-9,11H2,1-4H3. The lowest BCUT2D eigenvalue weighted by molar-refractivity contribution is 0.321. The predicted octanol–water partition coefficient (Wildman–Crippen LogP) is 0.480. The van der Waals surface area contributed by atoms with Crippen LogP contribution in [0.1, 0.15) is 27.7 Å². The second-order valence-corrected chi connectivity index (χ2v) is 6.79. The van der Waals surface area contributed by atoms with E-state index in [0.717, 1.165) is 13.1 Å². The molecule has 0 aliphatic rings. The fourth-order valence-corrected chi connectivity index (χ4v) is 3.26. The third-order valence-corrected chi connectivity index (χ3v) is 4.19. The maximum Gasteiger partial charge on any atom is 0.153 e. The molecule has 0 atom stereocenters. The number of nitrogens with two attached hydrogens (primary N) is 1. The molecule has 0 fully saturated rings. The molecule has 92 valence electrons. The molecule has 2 N–H and O–H groups in total. The van der Waals surface area contributed by atoms with Gasteiger partial charge in [-0.2, -0.15) is 0 Å². The Bertz CT molecular complexity index is 264. The Morgan fingerprint density at radius 2 is 1.67 bits per heavy atom. The first kappa shape index (κ1) is 14.9. The van der Waals surface area contributed by atoms with Crippen LogP contribution in [0, 0.1) is 0 Å². The van der Waals surface area contributed by atoms with E-state index in [1.54, 1.807) is 13.8 Å². The van der Waals surface area contributed by atoms with Crippen LogP contribution in [0.4, 0.5) is 0 Å². The number of nitrogens with zero attached hydrogens (tertiary/aromatic N) is 1. The average Bonchev–Trinajstić information content (AvgIpc) is 2.01. The molecule has 0 amide bonds. The van der Waals surface area contributed by atoms with E-state index in [0.29, 0.717) is 6.54 Å². The van der Waals surface area contributed by atoms with Gasteiger partial charge in [0.2, 0.25) is 0 Å². The van der Waals surface area contributed by atoms with Crippen molar-refractivity contribution in [2.24, 2.45) is 5.73 Å². The van der Waals surface area contributed by atoms with Gasteiger partial charge in [-0.25, -0.2) is 8.42 Å². The number of hydrogen-bond donors (Lipinski definition) is 1. The molecule has 0 aromatic rings. The van der Waals surface area contributed by atoms with E-state index in [4.69, 9.17) is 5.73 Å². The Morgan fingerprint density at radius 3 is 2.00 bits per heavy atom. The van der Waals surface area contributed by atoms with Gasteiger partial charge in [0.25, 0.3) is 0 Å². The van der Waals surface area contributed by atoms with Crippen LogP contribution in [0.25, 0.3) is 0 Å². The van der Waals surface area contributed by atoms with Crippen molar-refractivity contribution in [3.05, 3.63) is 0 Å². The Hall–Kier alpha value is -0.130. The highest BCUT2D eigenvalue weighted by Crippen LogP contribution is 2.04. The maximum absolute atomic E-state index is 11.7. The van der Waals surface area contributed by atoms with Crippen molar-refractivity contribution < 1.29 is 8.42 Å². The van der Waals surface area contributed by atoms with E-state index in [9.17, 15) is 8.42 Å². The zero-order valence-corrected chi connectivity index (χ0v) is 11.1. The molecule has 5 heteroatoms. The topological polar surface area (TPSA) is 63.4 Å². The summed E-state index contributed by atoms with van der Waals surface area (Å²) in [5, 5.41) is 0. The first-order chi connectivity index (χ1) is 6.70. The van der Waals surface area contributed by atoms with Crippen LogP contribution in [0.15, 0.2) is 0 Å². The minimum Gasteiger partial charge on any atom is -0.325 e. The molecule has 15 heavy (non-hydrogen) atoms. The summed E-state index contributed by atoms with van der Waals surface area (Å²) >= 11 is 0. The van der Waals surface area contributed by atoms with E-state index in [1.807, 2.05) is 13.8 Å². The monoisotopic (exact) mass is 236 g/mol. The normalized spacial score (nSPS) is 13.5. The second kappa shape index (κ2) is 5.82. The van der Waals surface area contributed by atoms with Crippen molar-refractivity contribution in [2.75, 3.05) is 31.1 Å². The minimum absolute atomic E-state index is 0.0568. The third-order valence-electron chi connectivity index (χ3n) is 2.20. The van der Waals surface area contributed by atoms with E-state index in [2.05, 4.69) is 4.90 Å². The average molecular weight is 236 g/mol. The quantitative estimate of drug-likeness (QED) is 0.698. The molecule has 0 heterocycles. The molecule has 0 radical (unpaired) electrons. The summed E-state index contributed by atoms with van der Waals surface area (Å²) < 4.78 is 23.4. The van der Waals surface area contributed by atoms with Crippen LogP contribution < -0.4 is 5.73 Å². The Labute approximate surface area is 93.7 Å². The molecule has 0 saturated carbocycles. The molecule has 0 bridgehead atoms. The van der Waals surface area contributed by atoms with Gasteiger partial charge in [0.05, 0.1) is 11.5 Å². The van der Waals surface area contributed by atoms with Gasteiger partial charge in [0, 0.05) is 12.1 Å². The lowest BCUT2D eigenvalue weighted by Gasteiger charge is -2.21. The summed E-state index contributed by atoms with van der Waals surface area (Å²) in [5.41, 5.74) is 5.06. The smallest absolute Gasteiger partial charge is 0.153 e. The van der Waals surface area contributed by atoms with E-state index in [-0.39, 0.29) is 11.5 Å². The van der Waals surface area contributed by atoms with E-state index >= 15 is 0 Å². The molecule has 0 rings (SSSR count). The molecule has 4 nitrogen and oxygen atoms in total. The van der Waals surface area contributed by atoms with Gasteiger partial charge in [0.15, 0.2) is 9.84 Å². The van der Waals surface area contributed by atoms with Gasteiger partial charge in [-0.15, -0.1) is 0 Å². The van der Waals surface area contributed by atoms with Crippen molar-refractivity contribution in [1.82, 2.24) is 4.90 Å². The lowest BCUT2D eigenvalue weighted by atomic mass is 10.1. The van der Waals surface area contributed by atoms with E-state index in [1.165, 1.54) is 0 Å². The zero-order chi connectivity index (χ0) is 12.1. The van der Waals surface area contributed by atoms with Gasteiger partial charge >= 0.3 is 0 Å². The van der Waals surface area contributed by atoms with Crippen molar-refractivity contribution in [3.63, 3.8) is 0 Å². The third kappa shape index (κ3) is 7.76. The largest absolute Gasteiger partial charge is 0.325 e. The van der Waals surface area contributed by atoms with Crippen molar-refractivity contribution in [2.45, 2.75) is 33.2 Å². The summed E-state index contributed by atoms with van der Waals surface area (Å²) in [5.74, 6) is 0.260. The van der Waals surface area contributed by atoms with Crippen molar-refractivity contribution >= 4 is 9.84 Å². The van der Waals surface area contributed by atoms with Crippen molar-refractivity contribution in [3.8, 4) is 0 Å².